The minimum Gasteiger partial charge on any atom is -0.310 e. The first kappa shape index (κ1) is 12.8. The number of rotatable bonds is 5. The van der Waals surface area contributed by atoms with Crippen LogP contribution in [0.1, 0.15) is 32.0 Å². The number of nitrogens with one attached hydrogen (secondary N) is 1. The van der Waals surface area contributed by atoms with Gasteiger partial charge in [0.1, 0.15) is 12.1 Å². The molecule has 0 bridgehead atoms. The average molecular weight is 244 g/mol. The number of aromatic nitrogens is 3. The number of nitrogens with zero attached hydrogens (tertiary/aromatic N) is 3. The van der Waals surface area contributed by atoms with Gasteiger partial charge in [-0.25, -0.2) is 9.97 Å². The van der Waals surface area contributed by atoms with Gasteiger partial charge in [-0.1, -0.05) is 20.8 Å². The Labute approximate surface area is 108 Å². The molecule has 4 heteroatoms. The van der Waals surface area contributed by atoms with E-state index in [4.69, 9.17) is 0 Å². The molecule has 0 aliphatic rings. The number of hydrogen-bond donors (Lipinski definition) is 1. The van der Waals surface area contributed by atoms with Crippen molar-refractivity contribution < 1.29 is 0 Å². The van der Waals surface area contributed by atoms with Crippen molar-refractivity contribution in [3.05, 3.63) is 42.1 Å². The largest absolute Gasteiger partial charge is 0.310 e. The molecule has 0 saturated carbocycles. The minimum absolute atomic E-state index is 0.486. The number of hydrogen-bond acceptors (Lipinski definition) is 3. The molecule has 0 spiro atoms. The molecular formula is C14H20N4. The molecule has 2 heterocycles. The molecule has 0 saturated heterocycles. The predicted molar refractivity (Wildman–Crippen MR) is 72.7 cm³/mol. The van der Waals surface area contributed by atoms with E-state index >= 15 is 0 Å². The molecule has 2 rings (SSSR count). The standard InChI is InChI=1S/C14H20N4/c1-4-13-7-12(9-16-11(2)3)8-14(17-13)18-6-5-15-10-18/h5-8,10-11,16H,4,9H2,1-3H3. The van der Waals surface area contributed by atoms with Crippen molar-refractivity contribution in [2.75, 3.05) is 0 Å². The summed E-state index contributed by atoms with van der Waals surface area (Å²) in [5.74, 6) is 0.937. The topological polar surface area (TPSA) is 42.7 Å². The molecule has 0 radical (unpaired) electrons. The minimum atomic E-state index is 0.486. The van der Waals surface area contributed by atoms with E-state index in [1.165, 1.54) is 5.56 Å². The number of imidazole rings is 1. The maximum Gasteiger partial charge on any atom is 0.138 e. The molecule has 1 N–H and O–H groups in total. The van der Waals surface area contributed by atoms with Gasteiger partial charge in [-0.15, -0.1) is 0 Å². The third kappa shape index (κ3) is 3.17. The van der Waals surface area contributed by atoms with E-state index in [9.17, 15) is 0 Å². The Morgan fingerprint density at radius 2 is 2.17 bits per heavy atom. The molecule has 0 aliphatic carbocycles. The average Bonchev–Trinajstić information content (AvgIpc) is 2.89. The molecule has 18 heavy (non-hydrogen) atoms. The second kappa shape index (κ2) is 5.78. The van der Waals surface area contributed by atoms with Crippen molar-refractivity contribution in [3.63, 3.8) is 0 Å². The van der Waals surface area contributed by atoms with Gasteiger partial charge < -0.3 is 5.32 Å². The van der Waals surface area contributed by atoms with Gasteiger partial charge in [0.15, 0.2) is 0 Å². The van der Waals surface area contributed by atoms with Crippen LogP contribution < -0.4 is 5.32 Å². The maximum absolute atomic E-state index is 4.62. The smallest absolute Gasteiger partial charge is 0.138 e. The zero-order valence-electron chi connectivity index (χ0n) is 11.2. The lowest BCUT2D eigenvalue weighted by atomic mass is 10.2. The first-order valence-electron chi connectivity index (χ1n) is 6.40. The van der Waals surface area contributed by atoms with Gasteiger partial charge in [-0.05, 0) is 24.1 Å². The quantitative estimate of drug-likeness (QED) is 0.877. The van der Waals surface area contributed by atoms with Gasteiger partial charge in [0.05, 0.1) is 0 Å². The van der Waals surface area contributed by atoms with Gasteiger partial charge in [-0.3, -0.25) is 4.57 Å². The number of aryl methyl sites for hydroxylation is 1. The van der Waals surface area contributed by atoms with Crippen LogP contribution in [-0.2, 0) is 13.0 Å². The Balaban J connectivity index is 2.27. The second-order valence-corrected chi connectivity index (χ2v) is 4.68. The Morgan fingerprint density at radius 1 is 1.33 bits per heavy atom. The van der Waals surface area contributed by atoms with Crippen LogP contribution in [-0.4, -0.2) is 20.6 Å². The van der Waals surface area contributed by atoms with Gasteiger partial charge in [0, 0.05) is 30.7 Å². The Hall–Kier alpha value is -1.68. The van der Waals surface area contributed by atoms with Crippen molar-refractivity contribution >= 4 is 0 Å². The van der Waals surface area contributed by atoms with Crippen LogP contribution in [0.3, 0.4) is 0 Å². The van der Waals surface area contributed by atoms with E-state index in [-0.39, 0.29) is 0 Å². The van der Waals surface area contributed by atoms with Crippen molar-refractivity contribution in [2.24, 2.45) is 0 Å². The molecule has 0 aromatic carbocycles. The van der Waals surface area contributed by atoms with Gasteiger partial charge >= 0.3 is 0 Å². The zero-order valence-corrected chi connectivity index (χ0v) is 11.2. The molecule has 2 aromatic rings. The Kier molecular flexibility index (Phi) is 4.10. The van der Waals surface area contributed by atoms with Crippen LogP contribution in [0.25, 0.3) is 5.82 Å². The maximum atomic E-state index is 4.62. The van der Waals surface area contributed by atoms with Crippen LogP contribution in [0.2, 0.25) is 0 Å². The summed E-state index contributed by atoms with van der Waals surface area (Å²) in [5.41, 5.74) is 2.38. The molecule has 2 aromatic heterocycles. The Bertz CT molecular complexity index is 489. The van der Waals surface area contributed by atoms with Gasteiger partial charge in [-0.2, -0.15) is 0 Å². The van der Waals surface area contributed by atoms with E-state index in [2.05, 4.69) is 48.2 Å². The zero-order chi connectivity index (χ0) is 13.0. The molecule has 0 amide bonds. The SMILES string of the molecule is CCc1cc(CNC(C)C)cc(-n2ccnc2)n1. The van der Waals surface area contributed by atoms with E-state index < -0.39 is 0 Å². The van der Waals surface area contributed by atoms with Crippen molar-refractivity contribution in [2.45, 2.75) is 39.8 Å². The third-order valence-corrected chi connectivity index (χ3v) is 2.77. The van der Waals surface area contributed by atoms with Crippen LogP contribution in [0.5, 0.6) is 0 Å². The molecule has 0 aliphatic heterocycles. The van der Waals surface area contributed by atoms with E-state index in [0.717, 1.165) is 24.5 Å². The van der Waals surface area contributed by atoms with E-state index in [1.807, 2.05) is 10.8 Å². The summed E-state index contributed by atoms with van der Waals surface area (Å²) in [7, 11) is 0. The highest BCUT2D eigenvalue weighted by Crippen LogP contribution is 2.11. The fourth-order valence-electron chi connectivity index (χ4n) is 1.77. The summed E-state index contributed by atoms with van der Waals surface area (Å²) in [4.78, 5) is 8.68. The summed E-state index contributed by atoms with van der Waals surface area (Å²) < 4.78 is 1.94. The monoisotopic (exact) mass is 244 g/mol. The highest BCUT2D eigenvalue weighted by atomic mass is 15.1. The molecule has 96 valence electrons. The lowest BCUT2D eigenvalue weighted by Gasteiger charge is -2.11. The first-order valence-corrected chi connectivity index (χ1v) is 6.40. The summed E-state index contributed by atoms with van der Waals surface area (Å²) in [6, 6.07) is 4.76. The molecular weight excluding hydrogens is 224 g/mol. The van der Waals surface area contributed by atoms with Crippen molar-refractivity contribution in [3.8, 4) is 5.82 Å². The fourth-order valence-corrected chi connectivity index (χ4v) is 1.77. The molecule has 0 fully saturated rings. The van der Waals surface area contributed by atoms with Crippen molar-refractivity contribution in [1.29, 1.82) is 0 Å². The highest BCUT2D eigenvalue weighted by molar-refractivity contribution is 5.31. The third-order valence-electron chi connectivity index (χ3n) is 2.77. The molecule has 0 atom stereocenters. The lowest BCUT2D eigenvalue weighted by Crippen LogP contribution is -2.22. The molecule has 0 unspecified atom stereocenters. The normalized spacial score (nSPS) is 11.1. The highest BCUT2D eigenvalue weighted by Gasteiger charge is 2.04. The lowest BCUT2D eigenvalue weighted by molar-refractivity contribution is 0.588. The number of pyridine rings is 1. The first-order chi connectivity index (χ1) is 8.69. The van der Waals surface area contributed by atoms with Crippen molar-refractivity contribution in [1.82, 2.24) is 19.9 Å². The van der Waals surface area contributed by atoms with Crippen LogP contribution >= 0.6 is 0 Å². The Morgan fingerprint density at radius 3 is 2.78 bits per heavy atom. The van der Waals surface area contributed by atoms with Gasteiger partial charge in [0.2, 0.25) is 0 Å². The van der Waals surface area contributed by atoms with Crippen LogP contribution in [0.4, 0.5) is 0 Å². The predicted octanol–water partition coefficient (Wildman–Crippen LogP) is 2.33. The summed E-state index contributed by atoms with van der Waals surface area (Å²) >= 11 is 0. The second-order valence-electron chi connectivity index (χ2n) is 4.68. The summed E-state index contributed by atoms with van der Waals surface area (Å²) in [5, 5.41) is 3.43. The van der Waals surface area contributed by atoms with Gasteiger partial charge in [0.25, 0.3) is 0 Å². The van der Waals surface area contributed by atoms with E-state index in [0.29, 0.717) is 6.04 Å². The van der Waals surface area contributed by atoms with Crippen LogP contribution in [0.15, 0.2) is 30.9 Å². The summed E-state index contributed by atoms with van der Waals surface area (Å²) in [6.07, 6.45) is 6.41. The van der Waals surface area contributed by atoms with E-state index in [1.54, 1.807) is 12.5 Å². The summed E-state index contributed by atoms with van der Waals surface area (Å²) in [6.45, 7) is 7.30. The molecule has 4 nitrogen and oxygen atoms in total. The van der Waals surface area contributed by atoms with Crippen LogP contribution in [0, 0.1) is 0 Å². The fraction of sp³-hybridized carbons (Fsp3) is 0.429.